The SMILES string of the molecule is N#CC1(CNc2cccc(-c3cc(N)ncc3Cl)n2)CCOCC1.NCC1CCCCC1. The Balaban J connectivity index is 0.000000305. The molecule has 4 rings (SSSR count). The van der Waals surface area contributed by atoms with Crippen LogP contribution in [0.15, 0.2) is 30.5 Å². The fraction of sp³-hybridized carbons (Fsp3) is 0.542. The van der Waals surface area contributed by atoms with E-state index in [1.54, 1.807) is 6.07 Å². The van der Waals surface area contributed by atoms with Gasteiger partial charge in [-0.3, -0.25) is 0 Å². The number of hydrogen-bond donors (Lipinski definition) is 3. The zero-order chi connectivity index (χ0) is 22.8. The van der Waals surface area contributed by atoms with Crippen LogP contribution in [-0.4, -0.2) is 36.3 Å². The molecule has 2 aromatic rings. The van der Waals surface area contributed by atoms with Crippen LogP contribution in [0.2, 0.25) is 5.02 Å². The highest BCUT2D eigenvalue weighted by molar-refractivity contribution is 6.33. The molecule has 2 fully saturated rings. The van der Waals surface area contributed by atoms with Crippen LogP contribution in [0.1, 0.15) is 44.9 Å². The number of rotatable bonds is 5. The van der Waals surface area contributed by atoms with Crippen molar-refractivity contribution in [1.82, 2.24) is 9.97 Å². The third kappa shape index (κ3) is 6.80. The Morgan fingerprint density at radius 1 is 1.22 bits per heavy atom. The van der Waals surface area contributed by atoms with Crippen LogP contribution in [0.4, 0.5) is 11.6 Å². The van der Waals surface area contributed by atoms with Gasteiger partial charge in [0, 0.05) is 31.5 Å². The third-order valence-electron chi connectivity index (χ3n) is 6.25. The van der Waals surface area contributed by atoms with E-state index in [4.69, 9.17) is 27.8 Å². The second kappa shape index (κ2) is 12.0. The number of aromatic nitrogens is 2. The monoisotopic (exact) mass is 456 g/mol. The zero-order valence-corrected chi connectivity index (χ0v) is 19.3. The maximum absolute atomic E-state index is 9.51. The Morgan fingerprint density at radius 2 is 1.97 bits per heavy atom. The first-order chi connectivity index (χ1) is 15.5. The molecule has 0 spiro atoms. The average molecular weight is 457 g/mol. The minimum atomic E-state index is -0.408. The lowest BCUT2D eigenvalue weighted by Crippen LogP contribution is -2.34. The van der Waals surface area contributed by atoms with Crippen molar-refractivity contribution in [1.29, 1.82) is 5.26 Å². The number of pyridine rings is 2. The van der Waals surface area contributed by atoms with Crippen LogP contribution in [0, 0.1) is 22.7 Å². The standard InChI is InChI=1S/C17H18ClN5O.C7H15N/c18-13-9-21-15(20)8-12(13)14-2-1-3-16(23-14)22-11-17(10-19)4-6-24-7-5-17;8-6-7-4-2-1-3-5-7/h1-3,8-9H,4-7,11H2,(H2,20,21)(H,22,23);7H,1-6,8H2. The highest BCUT2D eigenvalue weighted by Crippen LogP contribution is 2.31. The second-order valence-electron chi connectivity index (χ2n) is 8.59. The van der Waals surface area contributed by atoms with Crippen LogP contribution in [0.3, 0.4) is 0 Å². The summed E-state index contributed by atoms with van der Waals surface area (Å²) in [5.74, 6) is 1.95. The number of halogens is 1. The van der Waals surface area contributed by atoms with E-state index in [9.17, 15) is 5.26 Å². The molecule has 5 N–H and O–H groups in total. The van der Waals surface area contributed by atoms with Gasteiger partial charge in [0.2, 0.25) is 0 Å². The Bertz CT molecular complexity index is 904. The predicted octanol–water partition coefficient (Wildman–Crippen LogP) is 4.64. The number of nitrogens with one attached hydrogen (secondary N) is 1. The summed E-state index contributed by atoms with van der Waals surface area (Å²) in [6, 6.07) is 9.75. The molecule has 172 valence electrons. The summed E-state index contributed by atoms with van der Waals surface area (Å²) < 4.78 is 5.35. The largest absolute Gasteiger partial charge is 0.384 e. The molecule has 1 saturated heterocycles. The minimum Gasteiger partial charge on any atom is -0.384 e. The van der Waals surface area contributed by atoms with Crippen molar-refractivity contribution in [2.24, 2.45) is 17.1 Å². The fourth-order valence-electron chi connectivity index (χ4n) is 4.11. The predicted molar refractivity (Wildman–Crippen MR) is 129 cm³/mol. The molecule has 0 radical (unpaired) electrons. The highest BCUT2D eigenvalue weighted by Gasteiger charge is 2.32. The summed E-state index contributed by atoms with van der Waals surface area (Å²) in [5.41, 5.74) is 12.3. The van der Waals surface area contributed by atoms with Crippen LogP contribution in [0.5, 0.6) is 0 Å². The molecule has 1 aliphatic heterocycles. The van der Waals surface area contributed by atoms with Crippen molar-refractivity contribution in [3.63, 3.8) is 0 Å². The van der Waals surface area contributed by atoms with Crippen molar-refractivity contribution in [3.8, 4) is 17.3 Å². The average Bonchev–Trinajstić information content (AvgIpc) is 2.86. The molecule has 1 aliphatic carbocycles. The first-order valence-electron chi connectivity index (χ1n) is 11.4. The highest BCUT2D eigenvalue weighted by atomic mass is 35.5. The van der Waals surface area contributed by atoms with Crippen molar-refractivity contribution in [3.05, 3.63) is 35.5 Å². The van der Waals surface area contributed by atoms with E-state index in [0.29, 0.717) is 42.1 Å². The second-order valence-corrected chi connectivity index (χ2v) is 9.00. The molecular weight excluding hydrogens is 424 g/mol. The van der Waals surface area contributed by atoms with Crippen molar-refractivity contribution in [2.45, 2.75) is 44.9 Å². The lowest BCUT2D eigenvalue weighted by molar-refractivity contribution is 0.0455. The lowest BCUT2D eigenvalue weighted by atomic mass is 9.82. The van der Waals surface area contributed by atoms with E-state index in [1.165, 1.54) is 38.3 Å². The Hall–Kier alpha value is -2.40. The number of hydrogen-bond acceptors (Lipinski definition) is 7. The van der Waals surface area contributed by atoms with E-state index in [2.05, 4.69) is 21.4 Å². The van der Waals surface area contributed by atoms with Gasteiger partial charge < -0.3 is 21.5 Å². The normalized spacial score (nSPS) is 18.2. The molecule has 0 bridgehead atoms. The van der Waals surface area contributed by atoms with Gasteiger partial charge in [0.15, 0.2) is 0 Å². The van der Waals surface area contributed by atoms with Gasteiger partial charge in [-0.25, -0.2) is 9.97 Å². The number of nitrogens with two attached hydrogens (primary N) is 2. The van der Waals surface area contributed by atoms with Gasteiger partial charge in [0.05, 0.1) is 22.2 Å². The molecule has 7 nitrogen and oxygen atoms in total. The summed E-state index contributed by atoms with van der Waals surface area (Å²) in [6.45, 7) is 2.69. The third-order valence-corrected chi connectivity index (χ3v) is 6.56. The number of ether oxygens (including phenoxy) is 1. The first-order valence-corrected chi connectivity index (χ1v) is 11.7. The molecule has 32 heavy (non-hydrogen) atoms. The smallest absolute Gasteiger partial charge is 0.126 e. The Kier molecular flexibility index (Phi) is 9.10. The maximum atomic E-state index is 9.51. The van der Waals surface area contributed by atoms with Crippen LogP contribution in [-0.2, 0) is 4.74 Å². The van der Waals surface area contributed by atoms with Gasteiger partial charge in [-0.2, -0.15) is 5.26 Å². The summed E-state index contributed by atoms with van der Waals surface area (Å²) in [4.78, 5) is 8.53. The van der Waals surface area contributed by atoms with E-state index >= 15 is 0 Å². The van der Waals surface area contributed by atoms with Gasteiger partial charge in [0.25, 0.3) is 0 Å². The molecule has 0 aromatic carbocycles. The number of anilines is 2. The zero-order valence-electron chi connectivity index (χ0n) is 18.5. The summed E-state index contributed by atoms with van der Waals surface area (Å²) >= 11 is 6.19. The lowest BCUT2D eigenvalue weighted by Gasteiger charge is -2.30. The van der Waals surface area contributed by atoms with Gasteiger partial charge >= 0.3 is 0 Å². The molecular formula is C24H33ClN6O. The number of nitrogen functional groups attached to an aromatic ring is 1. The van der Waals surface area contributed by atoms with E-state index in [1.807, 2.05) is 18.2 Å². The van der Waals surface area contributed by atoms with Crippen LogP contribution >= 0.6 is 11.6 Å². The van der Waals surface area contributed by atoms with Gasteiger partial charge in [0.1, 0.15) is 11.6 Å². The van der Waals surface area contributed by atoms with Crippen LogP contribution in [0.25, 0.3) is 11.3 Å². The molecule has 0 amide bonds. The summed E-state index contributed by atoms with van der Waals surface area (Å²) in [5, 5.41) is 13.3. The Morgan fingerprint density at radius 3 is 2.62 bits per heavy atom. The number of nitrogens with zero attached hydrogens (tertiary/aromatic N) is 3. The molecule has 0 atom stereocenters. The van der Waals surface area contributed by atoms with E-state index in [-0.39, 0.29) is 0 Å². The molecule has 1 saturated carbocycles. The molecule has 2 aromatic heterocycles. The van der Waals surface area contributed by atoms with E-state index < -0.39 is 5.41 Å². The molecule has 3 heterocycles. The van der Waals surface area contributed by atoms with Crippen molar-refractivity contribution >= 4 is 23.2 Å². The van der Waals surface area contributed by atoms with Gasteiger partial charge in [-0.15, -0.1) is 0 Å². The molecule has 0 unspecified atom stereocenters. The quantitative estimate of drug-likeness (QED) is 0.598. The topological polar surface area (TPSA) is 123 Å². The fourth-order valence-corrected chi connectivity index (χ4v) is 4.31. The van der Waals surface area contributed by atoms with Crippen LogP contribution < -0.4 is 16.8 Å². The van der Waals surface area contributed by atoms with Gasteiger partial charge in [-0.05, 0) is 56.3 Å². The van der Waals surface area contributed by atoms with Gasteiger partial charge in [-0.1, -0.05) is 36.9 Å². The Labute approximate surface area is 195 Å². The summed E-state index contributed by atoms with van der Waals surface area (Å²) in [7, 11) is 0. The van der Waals surface area contributed by atoms with Crippen molar-refractivity contribution in [2.75, 3.05) is 37.4 Å². The summed E-state index contributed by atoms with van der Waals surface area (Å²) in [6.07, 6.45) is 10.0. The molecule has 8 heteroatoms. The maximum Gasteiger partial charge on any atom is 0.126 e. The van der Waals surface area contributed by atoms with E-state index in [0.717, 1.165) is 30.9 Å². The number of nitriles is 1. The van der Waals surface area contributed by atoms with Crippen molar-refractivity contribution < 1.29 is 4.74 Å². The first kappa shape index (κ1) is 24.2. The minimum absolute atomic E-state index is 0.389. The molecule has 2 aliphatic rings.